The topological polar surface area (TPSA) is 41.1 Å². The normalized spacial score (nSPS) is 10.1. The van der Waals surface area contributed by atoms with Gasteiger partial charge in [0.05, 0.1) is 0 Å². The Labute approximate surface area is 121 Å². The van der Waals surface area contributed by atoms with Crippen LogP contribution in [0, 0.1) is 13.8 Å². The number of hydrogen-bond donors (Lipinski definition) is 2. The quantitative estimate of drug-likeness (QED) is 0.827. The Morgan fingerprint density at radius 1 is 1.05 bits per heavy atom. The molecule has 4 heteroatoms. The molecule has 0 aliphatic rings. The summed E-state index contributed by atoms with van der Waals surface area (Å²) >= 11 is 3.37. The third-order valence-corrected chi connectivity index (χ3v) is 3.22. The summed E-state index contributed by atoms with van der Waals surface area (Å²) in [5.74, 6) is 0. The molecule has 0 radical (unpaired) electrons. The molecule has 0 saturated carbocycles. The predicted octanol–water partition coefficient (Wildman–Crippen LogP) is 4.71. The second-order valence-electron chi connectivity index (χ2n) is 4.41. The van der Waals surface area contributed by atoms with Crippen LogP contribution in [0.5, 0.6) is 0 Å². The first-order valence-corrected chi connectivity index (χ1v) is 6.75. The Bertz CT molecular complexity index is 611. The van der Waals surface area contributed by atoms with Crippen LogP contribution in [-0.2, 0) is 0 Å². The molecule has 3 nitrogen and oxygen atoms in total. The number of halogens is 1. The third-order valence-electron chi connectivity index (χ3n) is 2.72. The van der Waals surface area contributed by atoms with Gasteiger partial charge >= 0.3 is 6.03 Å². The molecular weight excluding hydrogens is 304 g/mol. The van der Waals surface area contributed by atoms with Crippen molar-refractivity contribution in [3.05, 3.63) is 58.1 Å². The van der Waals surface area contributed by atoms with Gasteiger partial charge in [-0.2, -0.15) is 0 Å². The second kappa shape index (κ2) is 5.89. The average Bonchev–Trinajstić information content (AvgIpc) is 2.34. The van der Waals surface area contributed by atoms with Gasteiger partial charge in [0.2, 0.25) is 0 Å². The SMILES string of the molecule is Cc1ccc(C)c(NC(=O)Nc2cccc(Br)c2)c1. The lowest BCUT2D eigenvalue weighted by Gasteiger charge is -2.10. The Balaban J connectivity index is 2.07. The zero-order chi connectivity index (χ0) is 13.8. The summed E-state index contributed by atoms with van der Waals surface area (Å²) in [5, 5.41) is 5.65. The van der Waals surface area contributed by atoms with E-state index in [2.05, 4.69) is 26.6 Å². The van der Waals surface area contributed by atoms with Crippen LogP contribution in [-0.4, -0.2) is 6.03 Å². The summed E-state index contributed by atoms with van der Waals surface area (Å²) in [6.45, 7) is 3.96. The van der Waals surface area contributed by atoms with Crippen molar-refractivity contribution in [2.75, 3.05) is 10.6 Å². The zero-order valence-electron chi connectivity index (χ0n) is 10.8. The van der Waals surface area contributed by atoms with Crippen LogP contribution in [0.25, 0.3) is 0 Å². The van der Waals surface area contributed by atoms with E-state index >= 15 is 0 Å². The molecule has 0 aliphatic heterocycles. The van der Waals surface area contributed by atoms with Crippen molar-refractivity contribution in [2.45, 2.75) is 13.8 Å². The molecule has 0 atom stereocenters. The highest BCUT2D eigenvalue weighted by atomic mass is 79.9. The van der Waals surface area contributed by atoms with E-state index in [1.807, 2.05) is 56.3 Å². The van der Waals surface area contributed by atoms with Crippen LogP contribution in [0.3, 0.4) is 0 Å². The molecule has 0 heterocycles. The molecule has 2 amide bonds. The molecule has 0 fully saturated rings. The van der Waals surface area contributed by atoms with Crippen molar-refractivity contribution in [3.63, 3.8) is 0 Å². The number of aryl methyl sites for hydroxylation is 2. The van der Waals surface area contributed by atoms with Gasteiger partial charge in [-0.05, 0) is 49.2 Å². The van der Waals surface area contributed by atoms with Crippen molar-refractivity contribution in [1.29, 1.82) is 0 Å². The number of nitrogens with one attached hydrogen (secondary N) is 2. The molecule has 2 N–H and O–H groups in total. The number of rotatable bonds is 2. The maximum absolute atomic E-state index is 11.9. The van der Waals surface area contributed by atoms with Gasteiger partial charge in [0, 0.05) is 15.8 Å². The van der Waals surface area contributed by atoms with E-state index in [4.69, 9.17) is 0 Å². The second-order valence-corrected chi connectivity index (χ2v) is 5.32. The summed E-state index contributed by atoms with van der Waals surface area (Å²) in [6.07, 6.45) is 0. The monoisotopic (exact) mass is 318 g/mol. The molecule has 2 aromatic carbocycles. The predicted molar refractivity (Wildman–Crippen MR) is 82.7 cm³/mol. The number of carbonyl (C=O) groups is 1. The van der Waals surface area contributed by atoms with E-state index in [-0.39, 0.29) is 6.03 Å². The van der Waals surface area contributed by atoms with Gasteiger partial charge in [0.1, 0.15) is 0 Å². The lowest BCUT2D eigenvalue weighted by molar-refractivity contribution is 0.262. The highest BCUT2D eigenvalue weighted by molar-refractivity contribution is 9.10. The fourth-order valence-corrected chi connectivity index (χ4v) is 2.12. The Morgan fingerprint density at radius 2 is 1.84 bits per heavy atom. The maximum Gasteiger partial charge on any atom is 0.323 e. The highest BCUT2D eigenvalue weighted by Gasteiger charge is 2.05. The van der Waals surface area contributed by atoms with Crippen LogP contribution >= 0.6 is 15.9 Å². The Hall–Kier alpha value is -1.81. The fourth-order valence-electron chi connectivity index (χ4n) is 1.72. The van der Waals surface area contributed by atoms with Crippen molar-refractivity contribution >= 4 is 33.3 Å². The zero-order valence-corrected chi connectivity index (χ0v) is 12.4. The van der Waals surface area contributed by atoms with Crippen molar-refractivity contribution in [1.82, 2.24) is 0 Å². The molecule has 19 heavy (non-hydrogen) atoms. The van der Waals surface area contributed by atoms with Gasteiger partial charge < -0.3 is 10.6 Å². The standard InChI is InChI=1S/C15H15BrN2O/c1-10-6-7-11(2)14(8-10)18-15(19)17-13-5-3-4-12(16)9-13/h3-9H,1-2H3,(H2,17,18,19). The minimum atomic E-state index is -0.244. The first-order valence-electron chi connectivity index (χ1n) is 5.95. The van der Waals surface area contributed by atoms with Gasteiger partial charge in [-0.25, -0.2) is 4.79 Å². The number of anilines is 2. The van der Waals surface area contributed by atoms with Gasteiger partial charge in [0.25, 0.3) is 0 Å². The molecule has 0 aliphatic carbocycles. The smallest absolute Gasteiger partial charge is 0.308 e. The third kappa shape index (κ3) is 3.83. The van der Waals surface area contributed by atoms with Crippen molar-refractivity contribution in [2.24, 2.45) is 0 Å². The lowest BCUT2D eigenvalue weighted by atomic mass is 10.1. The summed E-state index contributed by atoms with van der Waals surface area (Å²) < 4.78 is 0.928. The number of amides is 2. The fraction of sp³-hybridized carbons (Fsp3) is 0.133. The number of carbonyl (C=O) groups excluding carboxylic acids is 1. The first kappa shape index (κ1) is 13.6. The highest BCUT2D eigenvalue weighted by Crippen LogP contribution is 2.18. The van der Waals surface area contributed by atoms with Crippen molar-refractivity contribution in [3.8, 4) is 0 Å². The summed E-state index contributed by atoms with van der Waals surface area (Å²) in [5.41, 5.74) is 3.73. The van der Waals surface area contributed by atoms with Gasteiger partial charge in [0.15, 0.2) is 0 Å². The number of hydrogen-bond acceptors (Lipinski definition) is 1. The van der Waals surface area contributed by atoms with Crippen LogP contribution in [0.2, 0.25) is 0 Å². The lowest BCUT2D eigenvalue weighted by Crippen LogP contribution is -2.20. The Morgan fingerprint density at radius 3 is 2.58 bits per heavy atom. The minimum absolute atomic E-state index is 0.244. The van der Waals surface area contributed by atoms with Gasteiger partial charge in [-0.1, -0.05) is 34.1 Å². The van der Waals surface area contributed by atoms with Crippen LogP contribution in [0.4, 0.5) is 16.2 Å². The molecular formula is C15H15BrN2O. The Kier molecular flexibility index (Phi) is 4.22. The number of urea groups is 1. The molecule has 2 rings (SSSR count). The molecule has 98 valence electrons. The minimum Gasteiger partial charge on any atom is -0.308 e. The summed E-state index contributed by atoms with van der Waals surface area (Å²) in [7, 11) is 0. The van der Waals surface area contributed by atoms with Crippen LogP contribution < -0.4 is 10.6 Å². The van der Waals surface area contributed by atoms with Crippen LogP contribution in [0.1, 0.15) is 11.1 Å². The summed E-state index contributed by atoms with van der Waals surface area (Å²) in [4.78, 5) is 11.9. The average molecular weight is 319 g/mol. The van der Waals surface area contributed by atoms with E-state index in [0.717, 1.165) is 27.0 Å². The van der Waals surface area contributed by atoms with E-state index in [9.17, 15) is 4.79 Å². The maximum atomic E-state index is 11.9. The van der Waals surface area contributed by atoms with Crippen molar-refractivity contribution < 1.29 is 4.79 Å². The van der Waals surface area contributed by atoms with E-state index in [1.165, 1.54) is 0 Å². The first-order chi connectivity index (χ1) is 9.04. The van der Waals surface area contributed by atoms with E-state index in [1.54, 1.807) is 0 Å². The molecule has 0 saturated heterocycles. The van der Waals surface area contributed by atoms with Gasteiger partial charge in [-0.3, -0.25) is 0 Å². The molecule has 2 aromatic rings. The van der Waals surface area contributed by atoms with Crippen LogP contribution in [0.15, 0.2) is 46.9 Å². The van der Waals surface area contributed by atoms with E-state index in [0.29, 0.717) is 0 Å². The molecule has 0 bridgehead atoms. The van der Waals surface area contributed by atoms with E-state index < -0.39 is 0 Å². The summed E-state index contributed by atoms with van der Waals surface area (Å²) in [6, 6.07) is 13.2. The van der Waals surface area contributed by atoms with Gasteiger partial charge in [-0.15, -0.1) is 0 Å². The largest absolute Gasteiger partial charge is 0.323 e. The molecule has 0 aromatic heterocycles. The molecule has 0 unspecified atom stereocenters. The number of benzene rings is 2. The molecule has 0 spiro atoms.